The van der Waals surface area contributed by atoms with Crippen molar-refractivity contribution >= 4 is 39.8 Å². The summed E-state index contributed by atoms with van der Waals surface area (Å²) >= 11 is 11.9. The molecule has 162 valence electrons. The summed E-state index contributed by atoms with van der Waals surface area (Å²) in [4.78, 5) is 17.8. The fourth-order valence-electron chi connectivity index (χ4n) is 3.83. The fraction of sp³-hybridized carbons (Fsp3) is 0.333. The van der Waals surface area contributed by atoms with Gasteiger partial charge in [0, 0.05) is 35.8 Å². The number of aromatic amines is 1. The number of benzene rings is 2. The van der Waals surface area contributed by atoms with Crippen LogP contribution in [0.4, 0.5) is 0 Å². The third-order valence-corrected chi connectivity index (χ3v) is 6.38. The van der Waals surface area contributed by atoms with Crippen LogP contribution in [0.5, 0.6) is 0 Å². The Bertz CT molecular complexity index is 1130. The summed E-state index contributed by atoms with van der Waals surface area (Å²) in [7, 11) is 0. The number of fused-ring (bicyclic) bond motifs is 1. The number of rotatable bonds is 6. The van der Waals surface area contributed by atoms with Crippen LogP contribution in [0.1, 0.15) is 29.5 Å². The summed E-state index contributed by atoms with van der Waals surface area (Å²) in [5.74, 6) is 0. The highest BCUT2D eigenvalue weighted by Gasteiger charge is 2.18. The standard InChI is InChI=1S/C24H26ClN3O2S/c1-16-10-18-11-19(23(29)27-22(18)12-21(16)25)15-28(14-17-6-3-2-4-7-17)24(31)26-13-20-8-5-9-30-20/h2-4,6-7,10-12,20H,5,8-9,13-15H2,1H3,(H,26,31)(H,27,29). The van der Waals surface area contributed by atoms with Gasteiger partial charge in [-0.1, -0.05) is 41.9 Å². The Kier molecular flexibility index (Phi) is 6.90. The zero-order chi connectivity index (χ0) is 21.8. The largest absolute Gasteiger partial charge is 0.376 e. The molecule has 1 aliphatic heterocycles. The van der Waals surface area contributed by atoms with E-state index in [1.54, 1.807) is 6.07 Å². The molecule has 1 unspecified atom stereocenters. The van der Waals surface area contributed by atoms with Gasteiger partial charge < -0.3 is 19.9 Å². The van der Waals surface area contributed by atoms with Crippen LogP contribution < -0.4 is 10.9 Å². The van der Waals surface area contributed by atoms with Gasteiger partial charge in [0.15, 0.2) is 5.11 Å². The molecule has 1 saturated heterocycles. The Morgan fingerprint density at radius 1 is 1.26 bits per heavy atom. The van der Waals surface area contributed by atoms with E-state index in [2.05, 4.69) is 22.4 Å². The number of nitrogens with zero attached hydrogens (tertiary/aromatic N) is 1. The molecular formula is C24H26ClN3O2S. The van der Waals surface area contributed by atoms with Crippen LogP contribution in [0.25, 0.3) is 10.9 Å². The minimum atomic E-state index is -0.132. The second kappa shape index (κ2) is 9.81. The molecule has 0 radical (unpaired) electrons. The first-order valence-corrected chi connectivity index (χ1v) is 11.3. The number of H-pyrrole nitrogens is 1. The van der Waals surface area contributed by atoms with E-state index in [1.165, 1.54) is 0 Å². The van der Waals surface area contributed by atoms with Crippen LogP contribution in [0.15, 0.2) is 53.3 Å². The van der Waals surface area contributed by atoms with Gasteiger partial charge in [0.2, 0.25) is 0 Å². The predicted octanol–water partition coefficient (Wildman–Crippen LogP) is 4.55. The summed E-state index contributed by atoms with van der Waals surface area (Å²) in [5.41, 5.74) is 3.36. The molecule has 2 heterocycles. The lowest BCUT2D eigenvalue weighted by Gasteiger charge is -2.27. The second-order valence-electron chi connectivity index (χ2n) is 7.98. The molecule has 1 aromatic heterocycles. The molecule has 0 amide bonds. The highest BCUT2D eigenvalue weighted by atomic mass is 35.5. The summed E-state index contributed by atoms with van der Waals surface area (Å²) in [5, 5.41) is 5.55. The quantitative estimate of drug-likeness (QED) is 0.534. The highest BCUT2D eigenvalue weighted by Crippen LogP contribution is 2.22. The lowest BCUT2D eigenvalue weighted by Crippen LogP contribution is -2.42. The maximum Gasteiger partial charge on any atom is 0.253 e. The smallest absolute Gasteiger partial charge is 0.253 e. The summed E-state index contributed by atoms with van der Waals surface area (Å²) in [6.07, 6.45) is 2.32. The van der Waals surface area contributed by atoms with Crippen molar-refractivity contribution in [3.63, 3.8) is 0 Å². The molecule has 7 heteroatoms. The summed E-state index contributed by atoms with van der Waals surface area (Å²) < 4.78 is 5.70. The number of halogens is 1. The van der Waals surface area contributed by atoms with E-state index in [-0.39, 0.29) is 11.7 Å². The van der Waals surface area contributed by atoms with E-state index in [1.807, 2.05) is 42.2 Å². The van der Waals surface area contributed by atoms with Crippen molar-refractivity contribution in [3.8, 4) is 0 Å². The summed E-state index contributed by atoms with van der Waals surface area (Å²) in [6.45, 7) is 4.45. The first-order chi connectivity index (χ1) is 15.0. The van der Waals surface area contributed by atoms with Crippen LogP contribution >= 0.6 is 23.8 Å². The van der Waals surface area contributed by atoms with Gasteiger partial charge in [-0.3, -0.25) is 4.79 Å². The Balaban J connectivity index is 1.58. The predicted molar refractivity (Wildman–Crippen MR) is 130 cm³/mol. The molecule has 5 nitrogen and oxygen atoms in total. The van der Waals surface area contributed by atoms with Crippen LogP contribution in [-0.2, 0) is 17.8 Å². The van der Waals surface area contributed by atoms with Gasteiger partial charge in [0.05, 0.1) is 12.6 Å². The van der Waals surface area contributed by atoms with Gasteiger partial charge in [0.1, 0.15) is 0 Å². The van der Waals surface area contributed by atoms with Crippen LogP contribution in [0.3, 0.4) is 0 Å². The minimum absolute atomic E-state index is 0.132. The lowest BCUT2D eigenvalue weighted by molar-refractivity contribution is 0.113. The van der Waals surface area contributed by atoms with E-state index in [4.69, 9.17) is 28.6 Å². The molecule has 0 aliphatic carbocycles. The molecular weight excluding hydrogens is 430 g/mol. The van der Waals surface area contributed by atoms with E-state index < -0.39 is 0 Å². The number of hydrogen-bond acceptors (Lipinski definition) is 3. The number of pyridine rings is 1. The maximum absolute atomic E-state index is 12.8. The molecule has 1 aliphatic rings. The zero-order valence-corrected chi connectivity index (χ0v) is 19.1. The Morgan fingerprint density at radius 3 is 2.81 bits per heavy atom. The van der Waals surface area contributed by atoms with E-state index in [0.29, 0.717) is 35.3 Å². The monoisotopic (exact) mass is 455 g/mol. The normalized spacial score (nSPS) is 15.9. The van der Waals surface area contributed by atoms with Crippen molar-refractivity contribution < 1.29 is 4.74 Å². The molecule has 2 aromatic carbocycles. The number of aryl methyl sites for hydroxylation is 1. The third-order valence-electron chi connectivity index (χ3n) is 5.57. The Morgan fingerprint density at radius 2 is 2.06 bits per heavy atom. The lowest BCUT2D eigenvalue weighted by atomic mass is 10.1. The first kappa shape index (κ1) is 21.8. The molecule has 0 bridgehead atoms. The van der Waals surface area contributed by atoms with Gasteiger partial charge in [-0.2, -0.15) is 0 Å². The van der Waals surface area contributed by atoms with Crippen molar-refractivity contribution in [3.05, 3.63) is 80.6 Å². The Labute approximate surface area is 192 Å². The van der Waals surface area contributed by atoms with Crippen LogP contribution in [-0.4, -0.2) is 34.3 Å². The van der Waals surface area contributed by atoms with Gasteiger partial charge in [-0.15, -0.1) is 0 Å². The maximum atomic E-state index is 12.8. The number of thiocarbonyl (C=S) groups is 1. The molecule has 0 spiro atoms. The van der Waals surface area contributed by atoms with E-state index in [0.717, 1.165) is 41.5 Å². The van der Waals surface area contributed by atoms with Crippen molar-refractivity contribution in [2.45, 2.75) is 39.0 Å². The van der Waals surface area contributed by atoms with Crippen molar-refractivity contribution in [1.29, 1.82) is 0 Å². The second-order valence-corrected chi connectivity index (χ2v) is 8.77. The number of hydrogen-bond donors (Lipinski definition) is 2. The minimum Gasteiger partial charge on any atom is -0.376 e. The molecule has 1 fully saturated rings. The van der Waals surface area contributed by atoms with Gasteiger partial charge >= 0.3 is 0 Å². The van der Waals surface area contributed by atoms with E-state index >= 15 is 0 Å². The van der Waals surface area contributed by atoms with E-state index in [9.17, 15) is 4.79 Å². The molecule has 0 saturated carbocycles. The average molecular weight is 456 g/mol. The SMILES string of the molecule is Cc1cc2cc(CN(Cc3ccccc3)C(=S)NCC3CCCO3)c(=O)[nH]c2cc1Cl. The van der Waals surface area contributed by atoms with Gasteiger partial charge in [-0.25, -0.2) is 0 Å². The van der Waals surface area contributed by atoms with Crippen molar-refractivity contribution in [1.82, 2.24) is 15.2 Å². The van der Waals surface area contributed by atoms with Crippen LogP contribution in [0, 0.1) is 6.92 Å². The van der Waals surface area contributed by atoms with Crippen molar-refractivity contribution in [2.24, 2.45) is 0 Å². The van der Waals surface area contributed by atoms with Gasteiger partial charge in [0.25, 0.3) is 5.56 Å². The number of aromatic nitrogens is 1. The zero-order valence-electron chi connectivity index (χ0n) is 17.5. The Hall–Kier alpha value is -2.41. The summed E-state index contributed by atoms with van der Waals surface area (Å²) in [6, 6.07) is 15.8. The molecule has 2 N–H and O–H groups in total. The van der Waals surface area contributed by atoms with Gasteiger partial charge in [-0.05, 0) is 66.7 Å². The number of nitrogens with one attached hydrogen (secondary N) is 2. The average Bonchev–Trinajstić information content (AvgIpc) is 3.28. The molecule has 1 atom stereocenters. The molecule has 3 aromatic rings. The third kappa shape index (κ3) is 5.45. The first-order valence-electron chi connectivity index (χ1n) is 10.5. The van der Waals surface area contributed by atoms with Crippen molar-refractivity contribution in [2.75, 3.05) is 13.2 Å². The highest BCUT2D eigenvalue weighted by molar-refractivity contribution is 7.80. The number of ether oxygens (including phenoxy) is 1. The molecule has 4 rings (SSSR count). The topological polar surface area (TPSA) is 57.4 Å². The fourth-order valence-corrected chi connectivity index (χ4v) is 4.21. The molecule has 31 heavy (non-hydrogen) atoms. The van der Waals surface area contributed by atoms with Crippen LogP contribution in [0.2, 0.25) is 5.02 Å².